The van der Waals surface area contributed by atoms with E-state index in [9.17, 15) is 13.2 Å². The van der Waals surface area contributed by atoms with Crippen LogP contribution in [0.4, 0.5) is 4.79 Å². The minimum atomic E-state index is -2.90. The first-order valence-electron chi connectivity index (χ1n) is 9.51. The fourth-order valence-corrected chi connectivity index (χ4v) is 6.15. The van der Waals surface area contributed by atoms with Crippen LogP contribution in [0.1, 0.15) is 44.9 Å². The molecule has 2 unspecified atom stereocenters. The molecular weight excluding hydrogens is 326 g/mol. The van der Waals surface area contributed by atoms with Gasteiger partial charge in [-0.1, -0.05) is 0 Å². The van der Waals surface area contributed by atoms with Crippen LogP contribution in [0.15, 0.2) is 0 Å². The quantitative estimate of drug-likeness (QED) is 0.830. The molecule has 0 aromatic heterocycles. The second-order valence-corrected chi connectivity index (χ2v) is 9.85. The van der Waals surface area contributed by atoms with Crippen molar-refractivity contribution in [2.45, 2.75) is 51.0 Å². The zero-order valence-electron chi connectivity index (χ0n) is 14.6. The molecule has 0 saturated carbocycles. The lowest BCUT2D eigenvalue weighted by molar-refractivity contribution is 0.192. The highest BCUT2D eigenvalue weighted by atomic mass is 32.2. The molecule has 0 radical (unpaired) electrons. The average Bonchev–Trinajstić information content (AvgIpc) is 2.96. The molecule has 2 atom stereocenters. The molecule has 2 amide bonds. The molecule has 138 valence electrons. The molecule has 0 spiro atoms. The Morgan fingerprint density at radius 2 is 1.75 bits per heavy atom. The van der Waals surface area contributed by atoms with Gasteiger partial charge in [-0.15, -0.1) is 0 Å². The van der Waals surface area contributed by atoms with E-state index in [-0.39, 0.29) is 17.7 Å². The predicted molar refractivity (Wildman–Crippen MR) is 94.8 cm³/mol. The zero-order chi connectivity index (χ0) is 17.0. The third kappa shape index (κ3) is 4.85. The number of amides is 2. The number of urea groups is 1. The summed E-state index contributed by atoms with van der Waals surface area (Å²) in [6.07, 6.45) is 7.55. The highest BCUT2D eigenvalue weighted by molar-refractivity contribution is 7.91. The number of likely N-dealkylation sites (tertiary alicyclic amines) is 2. The zero-order valence-corrected chi connectivity index (χ0v) is 15.4. The molecule has 3 aliphatic heterocycles. The highest BCUT2D eigenvalue weighted by Gasteiger charge is 2.28. The van der Waals surface area contributed by atoms with Crippen molar-refractivity contribution < 1.29 is 13.2 Å². The Labute approximate surface area is 145 Å². The van der Waals surface area contributed by atoms with Crippen molar-refractivity contribution in [1.82, 2.24) is 15.1 Å². The summed E-state index contributed by atoms with van der Waals surface area (Å²) in [4.78, 5) is 17.0. The fourth-order valence-electron chi connectivity index (χ4n) is 4.38. The summed E-state index contributed by atoms with van der Waals surface area (Å²) in [5.41, 5.74) is 0. The second-order valence-electron chi connectivity index (χ2n) is 7.62. The van der Waals surface area contributed by atoms with E-state index < -0.39 is 9.84 Å². The van der Waals surface area contributed by atoms with Crippen LogP contribution in [0.5, 0.6) is 0 Å². The van der Waals surface area contributed by atoms with E-state index in [1.165, 1.54) is 32.4 Å². The number of hydrogen-bond donors (Lipinski definition) is 1. The van der Waals surface area contributed by atoms with E-state index in [0.717, 1.165) is 38.8 Å². The predicted octanol–water partition coefficient (Wildman–Crippen LogP) is 1.47. The topological polar surface area (TPSA) is 69.7 Å². The van der Waals surface area contributed by atoms with E-state index in [1.54, 1.807) is 0 Å². The number of rotatable bonds is 3. The Morgan fingerprint density at radius 3 is 2.50 bits per heavy atom. The van der Waals surface area contributed by atoms with Gasteiger partial charge in [-0.25, -0.2) is 13.2 Å². The van der Waals surface area contributed by atoms with Gasteiger partial charge in [0.05, 0.1) is 11.5 Å². The summed E-state index contributed by atoms with van der Waals surface area (Å²) in [5.74, 6) is 0.614. The molecule has 0 bridgehead atoms. The first kappa shape index (κ1) is 18.0. The largest absolute Gasteiger partial charge is 0.338 e. The Morgan fingerprint density at radius 1 is 0.958 bits per heavy atom. The smallest absolute Gasteiger partial charge is 0.317 e. The lowest BCUT2D eigenvalue weighted by Crippen LogP contribution is -2.44. The van der Waals surface area contributed by atoms with E-state index in [4.69, 9.17) is 0 Å². The van der Waals surface area contributed by atoms with Crippen LogP contribution in [0, 0.1) is 5.92 Å². The monoisotopic (exact) mass is 357 g/mol. The van der Waals surface area contributed by atoms with Gasteiger partial charge < -0.3 is 15.1 Å². The molecule has 3 fully saturated rings. The standard InChI is InChI=1S/C17H31N3O3S/c21-17(18-13-15-5-4-12-24(22,23)14-15)20-10-3-6-16(7-11-20)19-8-1-2-9-19/h15-16H,1-14H2,(H,18,21). The van der Waals surface area contributed by atoms with Gasteiger partial charge in [0.2, 0.25) is 0 Å². The number of nitrogens with zero attached hydrogens (tertiary/aromatic N) is 2. The first-order valence-corrected chi connectivity index (χ1v) is 11.3. The van der Waals surface area contributed by atoms with E-state index in [0.29, 0.717) is 18.3 Å². The second kappa shape index (κ2) is 8.04. The van der Waals surface area contributed by atoms with Crippen molar-refractivity contribution >= 4 is 15.9 Å². The molecule has 3 heterocycles. The van der Waals surface area contributed by atoms with Gasteiger partial charge in [0.15, 0.2) is 9.84 Å². The van der Waals surface area contributed by atoms with Gasteiger partial charge in [-0.3, -0.25) is 0 Å². The molecule has 6 nitrogen and oxygen atoms in total. The van der Waals surface area contributed by atoms with Crippen LogP contribution < -0.4 is 5.32 Å². The van der Waals surface area contributed by atoms with E-state index in [2.05, 4.69) is 10.2 Å². The molecule has 3 rings (SSSR count). The molecule has 3 aliphatic rings. The van der Waals surface area contributed by atoms with Crippen molar-refractivity contribution in [1.29, 1.82) is 0 Å². The molecule has 0 aromatic carbocycles. The number of sulfone groups is 1. The number of nitrogens with one attached hydrogen (secondary N) is 1. The van der Waals surface area contributed by atoms with Crippen LogP contribution in [0.3, 0.4) is 0 Å². The summed E-state index contributed by atoms with van der Waals surface area (Å²) in [6.45, 7) is 4.55. The average molecular weight is 358 g/mol. The maximum Gasteiger partial charge on any atom is 0.317 e. The maximum atomic E-state index is 12.4. The van der Waals surface area contributed by atoms with Crippen molar-refractivity contribution in [2.24, 2.45) is 5.92 Å². The van der Waals surface area contributed by atoms with E-state index >= 15 is 0 Å². The van der Waals surface area contributed by atoms with Gasteiger partial charge in [-0.05, 0) is 64.0 Å². The van der Waals surface area contributed by atoms with Crippen molar-refractivity contribution in [2.75, 3.05) is 44.2 Å². The molecule has 24 heavy (non-hydrogen) atoms. The van der Waals surface area contributed by atoms with Crippen LogP contribution in [0.2, 0.25) is 0 Å². The third-order valence-corrected chi connectivity index (χ3v) is 7.63. The lowest BCUT2D eigenvalue weighted by atomic mass is 10.1. The van der Waals surface area contributed by atoms with Gasteiger partial charge >= 0.3 is 6.03 Å². The summed E-state index contributed by atoms with van der Waals surface area (Å²) in [5, 5.41) is 2.98. The molecule has 0 aromatic rings. The summed E-state index contributed by atoms with van der Waals surface area (Å²) in [7, 11) is -2.90. The van der Waals surface area contributed by atoms with E-state index in [1.807, 2.05) is 4.90 Å². The van der Waals surface area contributed by atoms with Crippen molar-refractivity contribution in [3.8, 4) is 0 Å². The fraction of sp³-hybridized carbons (Fsp3) is 0.941. The number of carbonyl (C=O) groups is 1. The summed E-state index contributed by atoms with van der Waals surface area (Å²) in [6, 6.07) is 0.619. The van der Waals surface area contributed by atoms with Gasteiger partial charge in [-0.2, -0.15) is 0 Å². The van der Waals surface area contributed by atoms with Crippen LogP contribution >= 0.6 is 0 Å². The SMILES string of the molecule is O=C(NCC1CCCS(=O)(=O)C1)N1CCCC(N2CCCC2)CC1. The normalized spacial score (nSPS) is 31.6. The van der Waals surface area contributed by atoms with Crippen LogP contribution in [-0.2, 0) is 9.84 Å². The summed E-state index contributed by atoms with van der Waals surface area (Å²) < 4.78 is 23.4. The van der Waals surface area contributed by atoms with Gasteiger partial charge in [0, 0.05) is 25.7 Å². The van der Waals surface area contributed by atoms with Gasteiger partial charge in [0.1, 0.15) is 0 Å². The minimum Gasteiger partial charge on any atom is -0.338 e. The minimum absolute atomic E-state index is 0.0138. The molecule has 1 N–H and O–H groups in total. The molecule has 3 saturated heterocycles. The maximum absolute atomic E-state index is 12.4. The van der Waals surface area contributed by atoms with Crippen molar-refractivity contribution in [3.63, 3.8) is 0 Å². The molecule has 7 heteroatoms. The highest BCUT2D eigenvalue weighted by Crippen LogP contribution is 2.21. The Balaban J connectivity index is 1.43. The molecule has 0 aliphatic carbocycles. The first-order chi connectivity index (χ1) is 11.5. The van der Waals surface area contributed by atoms with Crippen LogP contribution in [-0.4, -0.2) is 74.5 Å². The molecular formula is C17H31N3O3S. The number of hydrogen-bond acceptors (Lipinski definition) is 4. The van der Waals surface area contributed by atoms with Gasteiger partial charge in [0.25, 0.3) is 0 Å². The Hall–Kier alpha value is -0.820. The Bertz CT molecular complexity index is 531. The summed E-state index contributed by atoms with van der Waals surface area (Å²) >= 11 is 0. The lowest BCUT2D eigenvalue weighted by Gasteiger charge is -2.27. The van der Waals surface area contributed by atoms with Crippen molar-refractivity contribution in [3.05, 3.63) is 0 Å². The third-order valence-electron chi connectivity index (χ3n) is 5.74. The number of carbonyl (C=O) groups excluding carboxylic acids is 1. The Kier molecular flexibility index (Phi) is 6.02. The van der Waals surface area contributed by atoms with Crippen LogP contribution in [0.25, 0.3) is 0 Å².